The molecule has 0 bridgehead atoms. The van der Waals surface area contributed by atoms with Gasteiger partial charge in [0.1, 0.15) is 17.9 Å². The van der Waals surface area contributed by atoms with Gasteiger partial charge in [-0.3, -0.25) is 4.99 Å². The summed E-state index contributed by atoms with van der Waals surface area (Å²) in [6.45, 7) is 1.85. The van der Waals surface area contributed by atoms with E-state index in [1.165, 1.54) is 12.1 Å². The van der Waals surface area contributed by atoms with E-state index in [-0.39, 0.29) is 17.9 Å². The molecule has 1 heterocycles. The van der Waals surface area contributed by atoms with E-state index >= 15 is 0 Å². The van der Waals surface area contributed by atoms with Gasteiger partial charge in [0, 0.05) is 0 Å². The number of halogens is 3. The Labute approximate surface area is 230 Å². The van der Waals surface area contributed by atoms with Gasteiger partial charge in [0.25, 0.3) is 0 Å². The smallest absolute Gasteiger partial charge is 0.416 e. The monoisotopic (exact) mass is 553 g/mol. The Morgan fingerprint density at radius 2 is 1.77 bits per heavy atom. The van der Waals surface area contributed by atoms with Crippen molar-refractivity contribution in [3.63, 3.8) is 0 Å². The van der Waals surface area contributed by atoms with E-state index in [4.69, 9.17) is 9.47 Å². The molecule has 0 radical (unpaired) electrons. The Morgan fingerprint density at radius 1 is 1.02 bits per heavy atom. The van der Waals surface area contributed by atoms with Gasteiger partial charge in [0.05, 0.1) is 24.4 Å². The number of carbonyl (C=O) groups excluding carboxylic acids is 1. The maximum atomic E-state index is 12.8. The summed E-state index contributed by atoms with van der Waals surface area (Å²) in [5, 5.41) is 20.0. The van der Waals surface area contributed by atoms with Crippen LogP contribution in [0.2, 0.25) is 0 Å². The third-order valence-corrected chi connectivity index (χ3v) is 6.51. The standard InChI is InChI=1S/C31H30F3NO5/c1-20-6-4-7-22(16-20)17-35-25(28-29(37)27(18-36)40-30(28)38)10-5-9-23-8-2-3-11-26(23)39-19-21-12-14-24(15-13-21)31(32,33)34/h2-4,6-8,11-16,27,36-37H,5,9-10,17-19H2,1H3. The minimum Gasteiger partial charge on any atom is -0.507 e. The molecule has 1 atom stereocenters. The van der Waals surface area contributed by atoms with E-state index in [1.807, 2.05) is 49.4 Å². The molecular formula is C31H30F3NO5. The Balaban J connectivity index is 1.45. The summed E-state index contributed by atoms with van der Waals surface area (Å²) in [5.41, 5.74) is 3.17. The van der Waals surface area contributed by atoms with Crippen molar-refractivity contribution >= 4 is 11.7 Å². The molecule has 0 fully saturated rings. The van der Waals surface area contributed by atoms with Crippen molar-refractivity contribution in [3.05, 3.63) is 112 Å². The van der Waals surface area contributed by atoms with Gasteiger partial charge >= 0.3 is 12.1 Å². The predicted molar refractivity (Wildman–Crippen MR) is 144 cm³/mol. The zero-order valence-corrected chi connectivity index (χ0v) is 21.9. The van der Waals surface area contributed by atoms with Crippen LogP contribution in [-0.4, -0.2) is 34.6 Å². The fourth-order valence-electron chi connectivity index (χ4n) is 4.43. The highest BCUT2D eigenvalue weighted by Crippen LogP contribution is 2.30. The molecular weight excluding hydrogens is 523 g/mol. The zero-order valence-electron chi connectivity index (χ0n) is 21.9. The van der Waals surface area contributed by atoms with Gasteiger partial charge in [-0.25, -0.2) is 4.79 Å². The van der Waals surface area contributed by atoms with E-state index in [9.17, 15) is 28.2 Å². The van der Waals surface area contributed by atoms with E-state index < -0.39 is 30.4 Å². The second-order valence-corrected chi connectivity index (χ2v) is 9.53. The van der Waals surface area contributed by atoms with E-state index in [0.29, 0.717) is 42.8 Å². The van der Waals surface area contributed by atoms with Crippen LogP contribution in [0.4, 0.5) is 13.2 Å². The van der Waals surface area contributed by atoms with Crippen LogP contribution >= 0.6 is 0 Å². The number of alkyl halides is 3. The number of para-hydroxylation sites is 1. The van der Waals surface area contributed by atoms with Crippen LogP contribution < -0.4 is 4.74 Å². The summed E-state index contributed by atoms with van der Waals surface area (Å²) in [6, 6.07) is 20.0. The fourth-order valence-corrected chi connectivity index (χ4v) is 4.43. The van der Waals surface area contributed by atoms with Crippen LogP contribution in [0.5, 0.6) is 5.75 Å². The van der Waals surface area contributed by atoms with Gasteiger partial charge in [-0.2, -0.15) is 13.2 Å². The van der Waals surface area contributed by atoms with Crippen LogP contribution in [-0.2, 0) is 35.3 Å². The number of carbonyl (C=O) groups is 1. The van der Waals surface area contributed by atoms with Crippen molar-refractivity contribution in [3.8, 4) is 5.75 Å². The van der Waals surface area contributed by atoms with Crippen molar-refractivity contribution in [2.24, 2.45) is 4.99 Å². The molecule has 2 N–H and O–H groups in total. The second kappa shape index (κ2) is 12.8. The number of aryl methyl sites for hydroxylation is 2. The highest BCUT2D eigenvalue weighted by atomic mass is 19.4. The molecule has 0 spiro atoms. The molecule has 1 aliphatic rings. The maximum Gasteiger partial charge on any atom is 0.416 e. The lowest BCUT2D eigenvalue weighted by atomic mass is 10.00. The number of hydrogen-bond acceptors (Lipinski definition) is 6. The highest BCUT2D eigenvalue weighted by molar-refractivity contribution is 6.21. The molecule has 0 saturated heterocycles. The van der Waals surface area contributed by atoms with Crippen molar-refractivity contribution in [1.29, 1.82) is 0 Å². The molecule has 0 aliphatic carbocycles. The Hall–Kier alpha value is -4.11. The lowest BCUT2D eigenvalue weighted by Gasteiger charge is -2.13. The zero-order chi connectivity index (χ0) is 28.7. The molecule has 40 heavy (non-hydrogen) atoms. The number of aliphatic imine (C=N–C) groups is 1. The SMILES string of the molecule is Cc1cccc(CN=C(CCCc2ccccc2OCc2ccc(C(F)(F)F)cc2)C2=C(O)C(CO)OC2=O)c1. The summed E-state index contributed by atoms with van der Waals surface area (Å²) < 4.78 is 49.5. The maximum absolute atomic E-state index is 12.8. The van der Waals surface area contributed by atoms with Crippen LogP contribution in [0.15, 0.2) is 89.1 Å². The largest absolute Gasteiger partial charge is 0.507 e. The Bertz CT molecular complexity index is 1400. The minimum absolute atomic E-state index is 0.0152. The lowest BCUT2D eigenvalue weighted by Crippen LogP contribution is -2.15. The number of benzene rings is 3. The summed E-state index contributed by atoms with van der Waals surface area (Å²) in [7, 11) is 0. The number of aliphatic hydroxyl groups excluding tert-OH is 2. The fraction of sp³-hybridized carbons (Fsp3) is 0.290. The molecule has 0 saturated carbocycles. The number of hydrogen-bond donors (Lipinski definition) is 2. The molecule has 210 valence electrons. The first-order chi connectivity index (χ1) is 19.2. The summed E-state index contributed by atoms with van der Waals surface area (Å²) in [4.78, 5) is 17.2. The molecule has 1 unspecified atom stereocenters. The van der Waals surface area contributed by atoms with Crippen LogP contribution in [0.3, 0.4) is 0 Å². The Kier molecular flexibility index (Phi) is 9.26. The van der Waals surface area contributed by atoms with Gasteiger partial charge < -0.3 is 19.7 Å². The first-order valence-electron chi connectivity index (χ1n) is 12.9. The van der Waals surface area contributed by atoms with Gasteiger partial charge in [-0.15, -0.1) is 0 Å². The molecule has 0 amide bonds. The molecule has 4 rings (SSSR count). The number of esters is 1. The predicted octanol–water partition coefficient (Wildman–Crippen LogP) is 6.29. The number of rotatable bonds is 11. The molecule has 9 heteroatoms. The molecule has 0 aromatic heterocycles. The normalized spacial score (nSPS) is 15.9. The van der Waals surface area contributed by atoms with Gasteiger partial charge in [0.15, 0.2) is 11.9 Å². The Morgan fingerprint density at radius 3 is 2.45 bits per heavy atom. The topological polar surface area (TPSA) is 88.3 Å². The van der Waals surface area contributed by atoms with Gasteiger partial charge in [-0.05, 0) is 61.1 Å². The van der Waals surface area contributed by atoms with Crippen molar-refractivity contribution in [2.45, 2.75) is 51.6 Å². The molecule has 1 aliphatic heterocycles. The number of cyclic esters (lactones) is 1. The average Bonchev–Trinajstić information content (AvgIpc) is 3.22. The van der Waals surface area contributed by atoms with Crippen molar-refractivity contribution < 1.29 is 37.7 Å². The first kappa shape index (κ1) is 28.9. The number of aliphatic hydroxyl groups is 2. The first-order valence-corrected chi connectivity index (χ1v) is 12.9. The summed E-state index contributed by atoms with van der Waals surface area (Å²) in [5.74, 6) is -0.445. The average molecular weight is 554 g/mol. The third kappa shape index (κ3) is 7.30. The third-order valence-electron chi connectivity index (χ3n) is 6.51. The van der Waals surface area contributed by atoms with Gasteiger partial charge in [-0.1, -0.05) is 60.2 Å². The van der Waals surface area contributed by atoms with Crippen LogP contribution in [0.1, 0.15) is 40.7 Å². The van der Waals surface area contributed by atoms with Crippen molar-refractivity contribution in [2.75, 3.05) is 6.61 Å². The quantitative estimate of drug-likeness (QED) is 0.215. The van der Waals surface area contributed by atoms with E-state index in [1.54, 1.807) is 6.07 Å². The van der Waals surface area contributed by atoms with Crippen LogP contribution in [0.25, 0.3) is 0 Å². The second-order valence-electron chi connectivity index (χ2n) is 9.53. The van der Waals surface area contributed by atoms with Crippen LogP contribution in [0, 0.1) is 6.92 Å². The summed E-state index contributed by atoms with van der Waals surface area (Å²) in [6.07, 6.45) is -4.03. The minimum atomic E-state index is -4.39. The summed E-state index contributed by atoms with van der Waals surface area (Å²) >= 11 is 0. The number of ether oxygens (including phenoxy) is 2. The van der Waals surface area contributed by atoms with E-state index in [2.05, 4.69) is 4.99 Å². The molecule has 3 aromatic carbocycles. The van der Waals surface area contributed by atoms with E-state index in [0.717, 1.165) is 28.8 Å². The van der Waals surface area contributed by atoms with Crippen molar-refractivity contribution in [1.82, 2.24) is 0 Å². The van der Waals surface area contributed by atoms with Gasteiger partial charge in [0.2, 0.25) is 0 Å². The highest BCUT2D eigenvalue weighted by Gasteiger charge is 2.36. The number of nitrogens with zero attached hydrogens (tertiary/aromatic N) is 1. The molecule has 3 aromatic rings. The molecule has 6 nitrogen and oxygen atoms in total. The lowest BCUT2D eigenvalue weighted by molar-refractivity contribution is -0.141.